The van der Waals surface area contributed by atoms with E-state index in [-0.39, 0.29) is 5.02 Å². The maximum atomic E-state index is 13.1. The summed E-state index contributed by atoms with van der Waals surface area (Å²) in [5, 5.41) is 0.0981. The maximum absolute atomic E-state index is 13.1. The standard InChI is InChI=1S/C9H6ClFS/c10-8-5-1-3-7(9(8)11)4-2-6-12/h1,3,5,12H,6H2. The fourth-order valence-corrected chi connectivity index (χ4v) is 0.989. The van der Waals surface area contributed by atoms with Crippen molar-refractivity contribution in [3.8, 4) is 11.8 Å². The third-order valence-electron chi connectivity index (χ3n) is 1.25. The molecule has 1 aromatic rings. The highest BCUT2D eigenvalue weighted by molar-refractivity contribution is 7.80. The molecule has 0 aromatic heterocycles. The minimum atomic E-state index is -0.464. The Morgan fingerprint density at radius 3 is 2.92 bits per heavy atom. The van der Waals surface area contributed by atoms with Crippen LogP contribution in [0.5, 0.6) is 0 Å². The van der Waals surface area contributed by atoms with Gasteiger partial charge in [0.15, 0.2) is 5.82 Å². The van der Waals surface area contributed by atoms with Crippen LogP contribution in [0.25, 0.3) is 0 Å². The van der Waals surface area contributed by atoms with E-state index in [0.717, 1.165) is 0 Å². The van der Waals surface area contributed by atoms with E-state index in [1.807, 2.05) is 0 Å². The molecule has 3 heteroatoms. The summed E-state index contributed by atoms with van der Waals surface area (Å²) >= 11 is 9.41. The Labute approximate surface area is 81.1 Å². The quantitative estimate of drug-likeness (QED) is 0.483. The van der Waals surface area contributed by atoms with Crippen molar-refractivity contribution in [3.05, 3.63) is 34.6 Å². The predicted molar refractivity (Wildman–Crippen MR) is 52.1 cm³/mol. The zero-order valence-corrected chi connectivity index (χ0v) is 7.79. The third-order valence-corrected chi connectivity index (χ3v) is 1.70. The number of hydrogen-bond donors (Lipinski definition) is 1. The van der Waals surface area contributed by atoms with E-state index in [4.69, 9.17) is 11.6 Å². The smallest absolute Gasteiger partial charge is 0.157 e. The first kappa shape index (κ1) is 9.44. The molecule has 1 rings (SSSR count). The lowest BCUT2D eigenvalue weighted by Gasteiger charge is -1.94. The van der Waals surface area contributed by atoms with Gasteiger partial charge in [-0.25, -0.2) is 4.39 Å². The van der Waals surface area contributed by atoms with Crippen LogP contribution >= 0.6 is 24.2 Å². The van der Waals surface area contributed by atoms with Gasteiger partial charge in [-0.1, -0.05) is 29.5 Å². The third kappa shape index (κ3) is 2.17. The van der Waals surface area contributed by atoms with Crippen LogP contribution in [0.2, 0.25) is 5.02 Å². The van der Waals surface area contributed by atoms with Crippen molar-refractivity contribution < 1.29 is 4.39 Å². The van der Waals surface area contributed by atoms with Crippen LogP contribution < -0.4 is 0 Å². The summed E-state index contributed by atoms with van der Waals surface area (Å²) in [6, 6.07) is 4.73. The van der Waals surface area contributed by atoms with Crippen molar-refractivity contribution in [1.29, 1.82) is 0 Å². The van der Waals surface area contributed by atoms with Crippen molar-refractivity contribution in [2.45, 2.75) is 0 Å². The van der Waals surface area contributed by atoms with E-state index >= 15 is 0 Å². The molecule has 0 radical (unpaired) electrons. The van der Waals surface area contributed by atoms with Crippen LogP contribution in [0.1, 0.15) is 5.56 Å². The molecule has 0 aliphatic heterocycles. The predicted octanol–water partition coefficient (Wildman–Crippen LogP) is 2.76. The van der Waals surface area contributed by atoms with Crippen molar-refractivity contribution in [3.63, 3.8) is 0 Å². The minimum absolute atomic E-state index is 0.0981. The SMILES string of the molecule is Fc1c(Cl)cccc1C#CCS. The molecule has 12 heavy (non-hydrogen) atoms. The molecule has 0 unspecified atom stereocenters. The second-order valence-electron chi connectivity index (χ2n) is 2.06. The second kappa shape index (κ2) is 4.39. The first-order valence-corrected chi connectivity index (χ1v) is 4.30. The summed E-state index contributed by atoms with van der Waals surface area (Å²) in [7, 11) is 0. The summed E-state index contributed by atoms with van der Waals surface area (Å²) in [6.45, 7) is 0. The van der Waals surface area contributed by atoms with Crippen LogP contribution in [-0.2, 0) is 0 Å². The van der Waals surface area contributed by atoms with Crippen LogP contribution in [0.3, 0.4) is 0 Å². The Bertz CT molecular complexity index is 338. The molecule has 0 fully saturated rings. The molecule has 0 aliphatic carbocycles. The fraction of sp³-hybridized carbons (Fsp3) is 0.111. The zero-order chi connectivity index (χ0) is 8.97. The number of rotatable bonds is 0. The lowest BCUT2D eigenvalue weighted by atomic mass is 10.2. The molecule has 0 bridgehead atoms. The second-order valence-corrected chi connectivity index (χ2v) is 2.78. The number of benzene rings is 1. The van der Waals surface area contributed by atoms with Crippen molar-refractivity contribution in [1.82, 2.24) is 0 Å². The Kier molecular flexibility index (Phi) is 3.46. The van der Waals surface area contributed by atoms with Crippen molar-refractivity contribution in [2.75, 3.05) is 5.75 Å². The zero-order valence-electron chi connectivity index (χ0n) is 6.14. The van der Waals surface area contributed by atoms with Gasteiger partial charge in [-0.05, 0) is 12.1 Å². The van der Waals surface area contributed by atoms with E-state index < -0.39 is 5.82 Å². The topological polar surface area (TPSA) is 0 Å². The van der Waals surface area contributed by atoms with Crippen molar-refractivity contribution in [2.24, 2.45) is 0 Å². The minimum Gasteiger partial charge on any atom is -0.204 e. The molecule has 0 saturated carbocycles. The van der Waals surface area contributed by atoms with Gasteiger partial charge in [0.2, 0.25) is 0 Å². The van der Waals surface area contributed by atoms with E-state index in [1.54, 1.807) is 12.1 Å². The lowest BCUT2D eigenvalue weighted by Crippen LogP contribution is -1.83. The number of halogens is 2. The van der Waals surface area contributed by atoms with Gasteiger partial charge >= 0.3 is 0 Å². The highest BCUT2D eigenvalue weighted by Crippen LogP contribution is 2.16. The fourth-order valence-electron chi connectivity index (χ4n) is 0.735. The largest absolute Gasteiger partial charge is 0.204 e. The molecular weight excluding hydrogens is 195 g/mol. The molecule has 1 aromatic carbocycles. The summed E-state index contributed by atoms with van der Waals surface area (Å²) in [6.07, 6.45) is 0. The monoisotopic (exact) mass is 200 g/mol. The van der Waals surface area contributed by atoms with E-state index in [0.29, 0.717) is 11.3 Å². The average Bonchev–Trinajstić information content (AvgIpc) is 2.08. The van der Waals surface area contributed by atoms with Crippen LogP contribution in [-0.4, -0.2) is 5.75 Å². The van der Waals surface area contributed by atoms with Gasteiger partial charge in [0.05, 0.1) is 16.3 Å². The Balaban J connectivity index is 3.08. The Hall–Kier alpha value is -0.650. The highest BCUT2D eigenvalue weighted by Gasteiger charge is 2.01. The first-order chi connectivity index (χ1) is 5.75. The first-order valence-electron chi connectivity index (χ1n) is 3.29. The van der Waals surface area contributed by atoms with Gasteiger partial charge in [0.25, 0.3) is 0 Å². The van der Waals surface area contributed by atoms with Crippen molar-refractivity contribution >= 4 is 24.2 Å². The highest BCUT2D eigenvalue weighted by atomic mass is 35.5. The van der Waals surface area contributed by atoms with Crippen LogP contribution in [0, 0.1) is 17.7 Å². The normalized spacial score (nSPS) is 8.92. The molecule has 0 spiro atoms. The van der Waals surface area contributed by atoms with Crippen LogP contribution in [0.15, 0.2) is 18.2 Å². The Morgan fingerprint density at radius 2 is 2.25 bits per heavy atom. The van der Waals surface area contributed by atoms with E-state index in [1.165, 1.54) is 6.07 Å². The molecule has 62 valence electrons. The van der Waals surface area contributed by atoms with Gasteiger partial charge < -0.3 is 0 Å². The Morgan fingerprint density at radius 1 is 1.50 bits per heavy atom. The lowest BCUT2D eigenvalue weighted by molar-refractivity contribution is 0.625. The molecule has 0 aliphatic rings. The number of hydrogen-bond acceptors (Lipinski definition) is 1. The summed E-state index contributed by atoms with van der Waals surface area (Å²) in [5.41, 5.74) is 0.316. The maximum Gasteiger partial charge on any atom is 0.157 e. The van der Waals surface area contributed by atoms with E-state index in [9.17, 15) is 4.39 Å². The van der Waals surface area contributed by atoms with Gasteiger partial charge in [0, 0.05) is 0 Å². The molecule has 0 amide bonds. The molecule has 0 N–H and O–H groups in total. The molecule has 0 nitrogen and oxygen atoms in total. The van der Waals surface area contributed by atoms with Gasteiger partial charge in [-0.2, -0.15) is 12.6 Å². The molecule has 0 heterocycles. The summed E-state index contributed by atoms with van der Waals surface area (Å²) in [4.78, 5) is 0. The molecule has 0 atom stereocenters. The van der Waals surface area contributed by atoms with Gasteiger partial charge in [-0.3, -0.25) is 0 Å². The average molecular weight is 201 g/mol. The van der Waals surface area contributed by atoms with Gasteiger partial charge in [-0.15, -0.1) is 0 Å². The van der Waals surface area contributed by atoms with E-state index in [2.05, 4.69) is 24.5 Å². The summed E-state index contributed by atoms with van der Waals surface area (Å²) in [5.74, 6) is 5.21. The number of thiol groups is 1. The van der Waals surface area contributed by atoms with Gasteiger partial charge in [0.1, 0.15) is 0 Å². The summed E-state index contributed by atoms with van der Waals surface area (Å²) < 4.78 is 13.1. The molecule has 0 saturated heterocycles. The molecular formula is C9H6ClFS. The van der Waals surface area contributed by atoms with Crippen LogP contribution in [0.4, 0.5) is 4.39 Å².